The summed E-state index contributed by atoms with van der Waals surface area (Å²) in [5.41, 5.74) is 3.09. The molecule has 2 N–H and O–H groups in total. The second kappa shape index (κ2) is 14.8. The second-order valence-electron chi connectivity index (χ2n) is 15.4. The van der Waals surface area contributed by atoms with E-state index in [0.29, 0.717) is 46.2 Å². The van der Waals surface area contributed by atoms with E-state index in [-0.39, 0.29) is 43.8 Å². The fraction of sp³-hybridized carbons (Fsp3) is 0.267. The SMILES string of the molecule is C[C@@H]1[C@@H]([Si](C)(C)O)[C@H](CC(=O)N(CCO)Cc2ccccc2)O[C@@]12C(=O)N(Cc1ccc(N3C(=O)c4ccccc4Oc4ccccc43)cc1)c1ccccc12. The van der Waals surface area contributed by atoms with Crippen molar-refractivity contribution in [1.82, 2.24) is 4.90 Å². The first-order chi connectivity index (χ1) is 27.0. The molecule has 8 rings (SSSR count). The van der Waals surface area contributed by atoms with Crippen LogP contribution in [0.1, 0.15) is 40.4 Å². The third-order valence-electron chi connectivity index (χ3n) is 11.4. The molecule has 3 amide bonds. The van der Waals surface area contributed by atoms with Crippen molar-refractivity contribution in [3.05, 3.63) is 150 Å². The van der Waals surface area contributed by atoms with Crippen molar-refractivity contribution >= 4 is 43.1 Å². The average molecular weight is 768 g/mol. The van der Waals surface area contributed by atoms with E-state index in [1.54, 1.807) is 26.8 Å². The number of rotatable bonds is 10. The van der Waals surface area contributed by atoms with Crippen LogP contribution >= 0.6 is 0 Å². The summed E-state index contributed by atoms with van der Waals surface area (Å²) in [6.45, 7) is 6.16. The number of aliphatic hydroxyl groups is 1. The lowest BCUT2D eigenvalue weighted by atomic mass is 9.82. The highest BCUT2D eigenvalue weighted by molar-refractivity contribution is 6.71. The number of anilines is 3. The molecule has 3 aliphatic rings. The molecule has 0 saturated carbocycles. The Morgan fingerprint density at radius 2 is 1.45 bits per heavy atom. The lowest BCUT2D eigenvalue weighted by molar-refractivity contribution is -0.150. The van der Waals surface area contributed by atoms with Gasteiger partial charge in [0.1, 0.15) is 5.75 Å². The Labute approximate surface area is 327 Å². The summed E-state index contributed by atoms with van der Waals surface area (Å²) in [5.74, 6) is -0.0495. The van der Waals surface area contributed by atoms with Gasteiger partial charge in [-0.2, -0.15) is 0 Å². The largest absolute Gasteiger partial charge is 0.454 e. The van der Waals surface area contributed by atoms with Crippen LogP contribution in [0.2, 0.25) is 18.6 Å². The van der Waals surface area contributed by atoms with Gasteiger partial charge in [-0.1, -0.05) is 91.9 Å². The number of nitrogens with zero attached hydrogens (tertiary/aromatic N) is 3. The Balaban J connectivity index is 1.08. The number of hydrogen-bond donors (Lipinski definition) is 2. The van der Waals surface area contributed by atoms with E-state index in [2.05, 4.69) is 0 Å². The zero-order valence-corrected chi connectivity index (χ0v) is 32.7. The normalized spacial score (nSPS) is 21.3. The minimum atomic E-state index is -3.02. The van der Waals surface area contributed by atoms with Crippen molar-refractivity contribution in [2.45, 2.75) is 56.8 Å². The first kappa shape index (κ1) is 37.3. The maximum Gasteiger partial charge on any atom is 0.266 e. The molecule has 4 atom stereocenters. The van der Waals surface area contributed by atoms with Gasteiger partial charge in [0.15, 0.2) is 19.7 Å². The molecule has 286 valence electrons. The van der Waals surface area contributed by atoms with Gasteiger partial charge >= 0.3 is 0 Å². The molecule has 3 heterocycles. The van der Waals surface area contributed by atoms with Crippen LogP contribution < -0.4 is 14.5 Å². The van der Waals surface area contributed by atoms with E-state index in [0.717, 1.165) is 11.1 Å². The summed E-state index contributed by atoms with van der Waals surface area (Å²) in [7, 11) is -3.02. The van der Waals surface area contributed by atoms with Crippen molar-refractivity contribution in [3.63, 3.8) is 0 Å². The third kappa shape index (κ3) is 6.50. The summed E-state index contributed by atoms with van der Waals surface area (Å²) in [5, 5.41) is 9.86. The summed E-state index contributed by atoms with van der Waals surface area (Å²) in [4.78, 5) is 59.7. The Hall–Kier alpha value is -5.59. The highest BCUT2D eigenvalue weighted by atomic mass is 28.4. The molecule has 0 bridgehead atoms. The highest BCUT2D eigenvalue weighted by Crippen LogP contribution is 2.60. The maximum atomic E-state index is 15.0. The number of hydrogen-bond acceptors (Lipinski definition) is 7. The van der Waals surface area contributed by atoms with Gasteiger partial charge in [0.25, 0.3) is 11.8 Å². The van der Waals surface area contributed by atoms with Crippen molar-refractivity contribution in [2.75, 3.05) is 23.0 Å². The predicted molar refractivity (Wildman–Crippen MR) is 216 cm³/mol. The van der Waals surface area contributed by atoms with Gasteiger partial charge < -0.3 is 29.2 Å². The summed E-state index contributed by atoms with van der Waals surface area (Å²) < 4.78 is 13.1. The zero-order valence-electron chi connectivity index (χ0n) is 31.7. The summed E-state index contributed by atoms with van der Waals surface area (Å²) in [6, 6.07) is 39.4. The van der Waals surface area contributed by atoms with Crippen molar-refractivity contribution in [3.8, 4) is 11.5 Å². The van der Waals surface area contributed by atoms with E-state index in [1.807, 2.05) is 135 Å². The van der Waals surface area contributed by atoms with Crippen LogP contribution in [0.4, 0.5) is 17.1 Å². The topological polar surface area (TPSA) is 120 Å². The van der Waals surface area contributed by atoms with Crippen LogP contribution in [0, 0.1) is 5.92 Å². The number of carbonyl (C=O) groups is 3. The van der Waals surface area contributed by atoms with E-state index in [9.17, 15) is 24.3 Å². The van der Waals surface area contributed by atoms with Gasteiger partial charge in [-0.3, -0.25) is 19.3 Å². The predicted octanol–water partition coefficient (Wildman–Crippen LogP) is 7.53. The minimum Gasteiger partial charge on any atom is -0.454 e. The third-order valence-corrected chi connectivity index (χ3v) is 13.9. The maximum absolute atomic E-state index is 15.0. The van der Waals surface area contributed by atoms with Crippen LogP contribution in [-0.2, 0) is 33.0 Å². The van der Waals surface area contributed by atoms with E-state index < -0.39 is 31.5 Å². The van der Waals surface area contributed by atoms with Crippen LogP contribution in [-0.4, -0.2) is 60.1 Å². The number of benzene rings is 5. The Bertz CT molecular complexity index is 2280. The molecule has 3 aliphatic heterocycles. The van der Waals surface area contributed by atoms with Crippen molar-refractivity contribution < 1.29 is 33.8 Å². The average Bonchev–Trinajstić information content (AvgIpc) is 3.57. The van der Waals surface area contributed by atoms with Crippen LogP contribution in [0.3, 0.4) is 0 Å². The number of amides is 3. The first-order valence-corrected chi connectivity index (χ1v) is 22.1. The van der Waals surface area contributed by atoms with E-state index in [4.69, 9.17) is 9.47 Å². The minimum absolute atomic E-state index is 0.0364. The lowest BCUT2D eigenvalue weighted by Crippen LogP contribution is -2.46. The summed E-state index contributed by atoms with van der Waals surface area (Å²) in [6.07, 6.45) is -0.758. The molecule has 11 heteroatoms. The monoisotopic (exact) mass is 767 g/mol. The molecule has 0 aromatic heterocycles. The van der Waals surface area contributed by atoms with Gasteiger partial charge in [-0.05, 0) is 66.7 Å². The molecule has 1 saturated heterocycles. The molecule has 5 aromatic rings. The fourth-order valence-electron chi connectivity index (χ4n) is 8.90. The number of ether oxygens (including phenoxy) is 2. The summed E-state index contributed by atoms with van der Waals surface area (Å²) >= 11 is 0. The zero-order chi connectivity index (χ0) is 39.2. The quantitative estimate of drug-likeness (QED) is 0.141. The molecule has 56 heavy (non-hydrogen) atoms. The van der Waals surface area contributed by atoms with Gasteiger partial charge in [0, 0.05) is 35.8 Å². The second-order valence-corrected chi connectivity index (χ2v) is 19.3. The molecule has 10 nitrogen and oxygen atoms in total. The molecule has 5 aromatic carbocycles. The first-order valence-electron chi connectivity index (χ1n) is 19.0. The van der Waals surface area contributed by atoms with Gasteiger partial charge in [-0.25, -0.2) is 0 Å². The molecule has 0 radical (unpaired) electrons. The highest BCUT2D eigenvalue weighted by Gasteiger charge is 2.66. The Kier molecular flexibility index (Phi) is 9.88. The number of para-hydroxylation sites is 4. The van der Waals surface area contributed by atoms with Crippen molar-refractivity contribution in [1.29, 1.82) is 0 Å². The van der Waals surface area contributed by atoms with Crippen molar-refractivity contribution in [2.24, 2.45) is 5.92 Å². The lowest BCUT2D eigenvalue weighted by Gasteiger charge is -2.32. The van der Waals surface area contributed by atoms with E-state index >= 15 is 0 Å². The van der Waals surface area contributed by atoms with Crippen LogP contribution in [0.5, 0.6) is 11.5 Å². The fourth-order valence-corrected chi connectivity index (χ4v) is 11.5. The molecule has 1 fully saturated rings. The van der Waals surface area contributed by atoms with Gasteiger partial charge in [0.05, 0.1) is 42.6 Å². The van der Waals surface area contributed by atoms with Gasteiger partial charge in [0.2, 0.25) is 5.91 Å². The van der Waals surface area contributed by atoms with Gasteiger partial charge in [-0.15, -0.1) is 0 Å². The number of aliphatic hydroxyl groups excluding tert-OH is 1. The number of carbonyl (C=O) groups excluding carboxylic acids is 3. The number of fused-ring (bicyclic) bond motifs is 4. The standard InChI is InChI=1S/C45H45N3O7Si/c1-30-42(56(2,3)53)40(27-41(50)46(25-26-49)28-31-13-5-4-6-14-31)55-45(30)35-16-8-9-17-36(35)47(44(45)52)29-32-21-23-33(24-22-32)48-37-18-10-12-20-39(37)54-38-19-11-7-15-34(38)43(48)51/h4-24,30,40,42,49,53H,25-29H2,1-3H3/t30-,40+,42-,45+/m1/s1. The molecule has 1 spiro atoms. The molecule has 0 unspecified atom stereocenters. The Morgan fingerprint density at radius 1 is 0.804 bits per heavy atom. The molecular weight excluding hydrogens is 723 g/mol. The Morgan fingerprint density at radius 3 is 2.16 bits per heavy atom. The van der Waals surface area contributed by atoms with Crippen LogP contribution in [0.15, 0.2) is 127 Å². The van der Waals surface area contributed by atoms with E-state index in [1.165, 1.54) is 0 Å². The smallest absolute Gasteiger partial charge is 0.266 e. The molecular formula is C45H45N3O7Si. The molecule has 0 aliphatic carbocycles. The van der Waals surface area contributed by atoms with Crippen LogP contribution in [0.25, 0.3) is 0 Å².